The summed E-state index contributed by atoms with van der Waals surface area (Å²) in [4.78, 5) is 26.5. The fourth-order valence-electron chi connectivity index (χ4n) is 4.66. The van der Waals surface area contributed by atoms with Crippen LogP contribution in [0.4, 0.5) is 0 Å². The van der Waals surface area contributed by atoms with E-state index in [0.717, 1.165) is 25.0 Å². The van der Waals surface area contributed by atoms with Crippen LogP contribution in [0.15, 0.2) is 11.6 Å². The third-order valence-corrected chi connectivity index (χ3v) is 5.69. The number of piperidine rings is 2. The highest BCUT2D eigenvalue weighted by atomic mass is 16.6. The van der Waals surface area contributed by atoms with Crippen LogP contribution in [-0.2, 0) is 19.1 Å². The number of fused-ring (bicyclic) bond motifs is 1. The summed E-state index contributed by atoms with van der Waals surface area (Å²) in [5.41, 5.74) is -0.791. The number of hydrogen-bond donors (Lipinski definition) is 1. The van der Waals surface area contributed by atoms with Crippen LogP contribution in [0.3, 0.4) is 0 Å². The number of rotatable bonds is 1. The molecule has 0 radical (unpaired) electrons. The summed E-state index contributed by atoms with van der Waals surface area (Å²) in [6.45, 7) is 6.26. The Kier molecular flexibility index (Phi) is 3.01. The van der Waals surface area contributed by atoms with E-state index in [1.807, 2.05) is 0 Å². The van der Waals surface area contributed by atoms with Crippen molar-refractivity contribution in [3.63, 3.8) is 0 Å². The molecule has 0 aromatic heterocycles. The molecule has 6 heteroatoms. The Morgan fingerprint density at radius 2 is 2.22 bits per heavy atom. The van der Waals surface area contributed by atoms with Crippen molar-refractivity contribution in [1.82, 2.24) is 4.90 Å². The molecule has 4 aliphatic heterocycles. The van der Waals surface area contributed by atoms with Crippen LogP contribution >= 0.6 is 0 Å². The Morgan fingerprint density at radius 1 is 1.48 bits per heavy atom. The zero-order chi connectivity index (χ0) is 16.6. The van der Waals surface area contributed by atoms with Crippen molar-refractivity contribution in [2.24, 2.45) is 5.41 Å². The van der Waals surface area contributed by atoms with E-state index in [9.17, 15) is 14.7 Å². The molecule has 5 aliphatic rings. The van der Waals surface area contributed by atoms with Gasteiger partial charge < -0.3 is 14.6 Å². The maximum absolute atomic E-state index is 12.3. The molecule has 0 unspecified atom stereocenters. The first kappa shape index (κ1) is 15.1. The van der Waals surface area contributed by atoms with E-state index in [0.29, 0.717) is 6.42 Å². The maximum atomic E-state index is 12.3. The van der Waals surface area contributed by atoms with E-state index in [1.54, 1.807) is 20.8 Å². The Labute approximate surface area is 135 Å². The molecule has 4 heterocycles. The molecule has 5 rings (SSSR count). The van der Waals surface area contributed by atoms with Gasteiger partial charge in [-0.2, -0.15) is 0 Å². The molecular weight excluding hydrogens is 298 g/mol. The fraction of sp³-hybridized carbons (Fsp3) is 0.765. The van der Waals surface area contributed by atoms with Crippen molar-refractivity contribution >= 4 is 11.9 Å². The van der Waals surface area contributed by atoms with Gasteiger partial charge in [-0.25, -0.2) is 4.79 Å². The first-order valence-corrected chi connectivity index (χ1v) is 8.34. The molecule has 23 heavy (non-hydrogen) atoms. The van der Waals surface area contributed by atoms with E-state index >= 15 is 0 Å². The second-order valence-electron chi connectivity index (χ2n) is 8.12. The number of aliphatic hydroxyl groups is 1. The van der Waals surface area contributed by atoms with Gasteiger partial charge >= 0.3 is 11.9 Å². The minimum Gasteiger partial charge on any atom is -0.457 e. The smallest absolute Gasteiger partial charge is 0.331 e. The van der Waals surface area contributed by atoms with E-state index in [4.69, 9.17) is 9.47 Å². The summed E-state index contributed by atoms with van der Waals surface area (Å²) in [6, 6.07) is -0.0787. The highest BCUT2D eigenvalue weighted by Gasteiger charge is 2.70. The van der Waals surface area contributed by atoms with Crippen LogP contribution in [0.25, 0.3) is 0 Å². The van der Waals surface area contributed by atoms with E-state index in [-0.39, 0.29) is 18.1 Å². The van der Waals surface area contributed by atoms with E-state index < -0.39 is 29.2 Å². The summed E-state index contributed by atoms with van der Waals surface area (Å²) in [7, 11) is 0. The molecule has 1 saturated carbocycles. The van der Waals surface area contributed by atoms with Crippen molar-refractivity contribution in [2.45, 2.75) is 69.9 Å². The van der Waals surface area contributed by atoms with Crippen molar-refractivity contribution in [3.8, 4) is 0 Å². The van der Waals surface area contributed by atoms with Crippen LogP contribution in [0.2, 0.25) is 0 Å². The summed E-state index contributed by atoms with van der Waals surface area (Å²) in [5, 5.41) is 11.0. The van der Waals surface area contributed by atoms with Gasteiger partial charge in [0.15, 0.2) is 5.60 Å². The molecule has 0 amide bonds. The van der Waals surface area contributed by atoms with Crippen molar-refractivity contribution < 1.29 is 24.2 Å². The largest absolute Gasteiger partial charge is 0.457 e. The van der Waals surface area contributed by atoms with Crippen molar-refractivity contribution in [1.29, 1.82) is 0 Å². The van der Waals surface area contributed by atoms with Crippen molar-refractivity contribution in [2.75, 3.05) is 6.54 Å². The second kappa shape index (κ2) is 4.57. The highest BCUT2D eigenvalue weighted by molar-refractivity contribution is 5.87. The minimum absolute atomic E-state index is 0.00135. The highest BCUT2D eigenvalue weighted by Crippen LogP contribution is 2.54. The number of aliphatic hydroxyl groups excluding tert-OH is 1. The maximum Gasteiger partial charge on any atom is 0.331 e. The topological polar surface area (TPSA) is 76.1 Å². The summed E-state index contributed by atoms with van der Waals surface area (Å²) in [5.74, 6) is -0.731. The molecule has 5 atom stereocenters. The minimum atomic E-state index is -1.02. The Morgan fingerprint density at radius 3 is 2.91 bits per heavy atom. The second-order valence-corrected chi connectivity index (χ2v) is 8.12. The lowest BCUT2D eigenvalue weighted by Crippen LogP contribution is -2.76. The average molecular weight is 321 g/mol. The number of ether oxygens (including phenoxy) is 2. The predicted molar refractivity (Wildman–Crippen MR) is 80.4 cm³/mol. The van der Waals surface area contributed by atoms with Gasteiger partial charge in [0.25, 0.3) is 0 Å². The van der Waals surface area contributed by atoms with E-state index in [1.165, 1.54) is 6.08 Å². The van der Waals surface area contributed by atoms with Gasteiger partial charge in [0.2, 0.25) is 0 Å². The molecule has 4 fully saturated rings. The Hall–Kier alpha value is -1.40. The van der Waals surface area contributed by atoms with Gasteiger partial charge in [0.05, 0.1) is 17.5 Å². The number of carbonyl (C=O) groups is 2. The van der Waals surface area contributed by atoms with Crippen LogP contribution < -0.4 is 0 Å². The van der Waals surface area contributed by atoms with Gasteiger partial charge in [-0.05, 0) is 52.2 Å². The summed E-state index contributed by atoms with van der Waals surface area (Å²) in [6.07, 6.45) is 2.37. The van der Waals surface area contributed by atoms with Crippen LogP contribution in [-0.4, -0.2) is 58.4 Å². The van der Waals surface area contributed by atoms with Crippen LogP contribution in [0.5, 0.6) is 0 Å². The summed E-state index contributed by atoms with van der Waals surface area (Å²) >= 11 is 0. The standard InChI is InChI=1S/C17H23NO5/c1-16(2,3)15(21)22-13-10-7-9-8-12(19)23-17(9,14(13)20)11-5-4-6-18(10)11/h8,10-11,13-14,20H,4-7H2,1-3H3/t10-,11-,13+,14-,17+/m0/s1. The first-order valence-electron chi connectivity index (χ1n) is 8.34. The molecule has 1 N–H and O–H groups in total. The lowest BCUT2D eigenvalue weighted by Gasteiger charge is -2.59. The lowest BCUT2D eigenvalue weighted by molar-refractivity contribution is -0.235. The third kappa shape index (κ3) is 1.88. The lowest BCUT2D eigenvalue weighted by atomic mass is 9.65. The molecule has 0 aromatic rings. The average Bonchev–Trinajstić information content (AvgIpc) is 3.05. The number of nitrogens with zero attached hydrogens (tertiary/aromatic N) is 1. The van der Waals surface area contributed by atoms with Gasteiger partial charge in [0, 0.05) is 6.08 Å². The molecule has 1 aliphatic carbocycles. The number of esters is 2. The van der Waals surface area contributed by atoms with Gasteiger partial charge in [-0.1, -0.05) is 0 Å². The quantitative estimate of drug-likeness (QED) is 0.719. The molecule has 1 spiro atoms. The number of hydrogen-bond acceptors (Lipinski definition) is 6. The van der Waals surface area contributed by atoms with E-state index in [2.05, 4.69) is 4.90 Å². The molecule has 126 valence electrons. The third-order valence-electron chi connectivity index (χ3n) is 5.69. The summed E-state index contributed by atoms with van der Waals surface area (Å²) < 4.78 is 11.3. The van der Waals surface area contributed by atoms with Crippen LogP contribution in [0.1, 0.15) is 40.0 Å². The van der Waals surface area contributed by atoms with Gasteiger partial charge in [0.1, 0.15) is 12.2 Å². The zero-order valence-corrected chi connectivity index (χ0v) is 13.7. The molecule has 3 saturated heterocycles. The Balaban J connectivity index is 1.71. The zero-order valence-electron chi connectivity index (χ0n) is 13.7. The predicted octanol–water partition coefficient (Wildman–Crippen LogP) is 0.777. The Bertz CT molecular complexity index is 605. The molecule has 2 bridgehead atoms. The fourth-order valence-corrected chi connectivity index (χ4v) is 4.66. The monoisotopic (exact) mass is 321 g/mol. The normalized spacial score (nSPS) is 42.1. The van der Waals surface area contributed by atoms with Crippen molar-refractivity contribution in [3.05, 3.63) is 11.6 Å². The molecule has 0 aromatic carbocycles. The molecular formula is C17H23NO5. The van der Waals surface area contributed by atoms with Gasteiger partial charge in [-0.15, -0.1) is 0 Å². The number of carbonyl (C=O) groups excluding carboxylic acids is 2. The SMILES string of the molecule is CC(C)(C)C(=O)O[C@@H]1[C@@H]2CC3=CC(=O)O[C@]3([C@@H]3CCCN32)[C@H]1O. The first-order chi connectivity index (χ1) is 10.7. The van der Waals surface area contributed by atoms with Gasteiger partial charge in [-0.3, -0.25) is 9.69 Å². The van der Waals surface area contributed by atoms with Crippen LogP contribution in [0, 0.1) is 5.41 Å². The molecule has 6 nitrogen and oxygen atoms in total.